The van der Waals surface area contributed by atoms with Gasteiger partial charge in [-0.2, -0.15) is 0 Å². The Morgan fingerprint density at radius 3 is 2.11 bits per heavy atom. The SMILES string of the molecule is COc1cc(OC)c(C2CCN(C)CC2)c(O)c1C(=O)/C=C/c1ccc(N2CCN(C)CC2)cc1. The summed E-state index contributed by atoms with van der Waals surface area (Å²) in [5.74, 6) is 0.685. The number of aromatic hydroxyl groups is 1. The van der Waals surface area contributed by atoms with Gasteiger partial charge in [0.1, 0.15) is 22.8 Å². The van der Waals surface area contributed by atoms with Crippen LogP contribution in [-0.4, -0.2) is 88.3 Å². The Bertz CT molecular complexity index is 1050. The van der Waals surface area contributed by atoms with Crippen LogP contribution in [0, 0.1) is 0 Å². The maximum Gasteiger partial charge on any atom is 0.193 e. The van der Waals surface area contributed by atoms with E-state index in [2.05, 4.69) is 40.9 Å². The number of likely N-dealkylation sites (tertiary alicyclic amines) is 1. The van der Waals surface area contributed by atoms with Crippen LogP contribution >= 0.6 is 0 Å². The van der Waals surface area contributed by atoms with E-state index in [1.165, 1.54) is 18.9 Å². The van der Waals surface area contributed by atoms with E-state index in [4.69, 9.17) is 9.47 Å². The maximum atomic E-state index is 13.3. The number of piperidine rings is 1. The van der Waals surface area contributed by atoms with Crippen molar-refractivity contribution in [2.75, 3.05) is 72.5 Å². The second kappa shape index (κ2) is 11.1. The lowest BCUT2D eigenvalue weighted by molar-refractivity contribution is 0.104. The predicted molar refractivity (Wildman–Crippen MR) is 140 cm³/mol. The third kappa shape index (κ3) is 5.63. The van der Waals surface area contributed by atoms with Gasteiger partial charge in [-0.1, -0.05) is 18.2 Å². The first-order valence-corrected chi connectivity index (χ1v) is 12.3. The number of hydrogen-bond donors (Lipinski definition) is 1. The molecule has 2 aliphatic rings. The summed E-state index contributed by atoms with van der Waals surface area (Å²) in [6.45, 7) is 6.02. The van der Waals surface area contributed by atoms with E-state index < -0.39 is 0 Å². The van der Waals surface area contributed by atoms with E-state index in [1.54, 1.807) is 19.3 Å². The highest BCUT2D eigenvalue weighted by molar-refractivity contribution is 6.11. The van der Waals surface area contributed by atoms with Crippen molar-refractivity contribution in [2.45, 2.75) is 18.8 Å². The van der Waals surface area contributed by atoms with Crippen LogP contribution in [0.3, 0.4) is 0 Å². The number of ether oxygens (including phenoxy) is 2. The third-order valence-electron chi connectivity index (χ3n) is 7.27. The summed E-state index contributed by atoms with van der Waals surface area (Å²) < 4.78 is 11.1. The normalized spacial score (nSPS) is 18.2. The quantitative estimate of drug-likeness (QED) is 0.478. The number of phenols is 1. The van der Waals surface area contributed by atoms with Gasteiger partial charge in [-0.05, 0) is 69.7 Å². The molecule has 0 saturated carbocycles. The largest absolute Gasteiger partial charge is 0.507 e. The number of allylic oxidation sites excluding steroid dienone is 1. The van der Waals surface area contributed by atoms with Gasteiger partial charge in [0.15, 0.2) is 5.78 Å². The highest BCUT2D eigenvalue weighted by Crippen LogP contribution is 2.45. The minimum absolute atomic E-state index is 0.0317. The predicted octanol–water partition coefficient (Wildman–Crippen LogP) is 3.87. The molecule has 2 aliphatic heterocycles. The van der Waals surface area contributed by atoms with Crippen molar-refractivity contribution < 1.29 is 19.4 Å². The van der Waals surface area contributed by atoms with E-state index in [0.717, 1.165) is 57.7 Å². The molecule has 4 rings (SSSR count). The van der Waals surface area contributed by atoms with Gasteiger partial charge in [0, 0.05) is 43.5 Å². The molecule has 2 aromatic carbocycles. The van der Waals surface area contributed by atoms with Crippen LogP contribution in [0.15, 0.2) is 36.4 Å². The number of carbonyl (C=O) groups is 1. The second-order valence-corrected chi connectivity index (χ2v) is 9.58. The number of rotatable bonds is 7. The third-order valence-corrected chi connectivity index (χ3v) is 7.27. The maximum absolute atomic E-state index is 13.3. The molecule has 188 valence electrons. The van der Waals surface area contributed by atoms with Gasteiger partial charge in [0.05, 0.1) is 14.2 Å². The van der Waals surface area contributed by atoms with E-state index in [-0.39, 0.29) is 23.0 Å². The number of piperazine rings is 1. The Kier molecular flexibility index (Phi) is 7.98. The van der Waals surface area contributed by atoms with Crippen LogP contribution in [0.1, 0.15) is 40.2 Å². The van der Waals surface area contributed by atoms with Crippen molar-refractivity contribution in [1.29, 1.82) is 0 Å². The molecule has 0 unspecified atom stereocenters. The summed E-state index contributed by atoms with van der Waals surface area (Å²) in [5.41, 5.74) is 3.01. The van der Waals surface area contributed by atoms with Crippen LogP contribution in [0.2, 0.25) is 0 Å². The first-order valence-electron chi connectivity index (χ1n) is 12.3. The minimum atomic E-state index is -0.292. The first-order chi connectivity index (χ1) is 16.9. The summed E-state index contributed by atoms with van der Waals surface area (Å²) >= 11 is 0. The van der Waals surface area contributed by atoms with Gasteiger partial charge in [0.25, 0.3) is 0 Å². The Balaban J connectivity index is 1.56. The smallest absolute Gasteiger partial charge is 0.193 e. The molecule has 0 aliphatic carbocycles. The molecule has 0 spiro atoms. The molecule has 0 radical (unpaired) electrons. The Hall–Kier alpha value is -3.03. The van der Waals surface area contributed by atoms with E-state index in [0.29, 0.717) is 17.1 Å². The summed E-state index contributed by atoms with van der Waals surface area (Å²) in [6, 6.07) is 9.95. The lowest BCUT2D eigenvalue weighted by atomic mass is 9.86. The Morgan fingerprint density at radius 1 is 0.914 bits per heavy atom. The zero-order chi connectivity index (χ0) is 24.9. The van der Waals surface area contributed by atoms with Crippen molar-refractivity contribution in [3.63, 3.8) is 0 Å². The number of anilines is 1. The van der Waals surface area contributed by atoms with Crippen LogP contribution < -0.4 is 14.4 Å². The van der Waals surface area contributed by atoms with E-state index in [9.17, 15) is 9.90 Å². The van der Waals surface area contributed by atoms with Crippen LogP contribution in [0.25, 0.3) is 6.08 Å². The van der Waals surface area contributed by atoms with Crippen molar-refractivity contribution in [3.8, 4) is 17.2 Å². The van der Waals surface area contributed by atoms with Gasteiger partial charge in [-0.3, -0.25) is 4.79 Å². The van der Waals surface area contributed by atoms with Crippen molar-refractivity contribution in [3.05, 3.63) is 53.1 Å². The standard InChI is InChI=1S/C28H37N3O4/c1-29-13-11-21(12-14-29)26-24(34-3)19-25(35-4)27(28(26)33)23(32)10-7-20-5-8-22(9-6-20)31-17-15-30(2)16-18-31/h5-10,19,21,33H,11-18H2,1-4H3/b10-7+. The Morgan fingerprint density at radius 2 is 1.51 bits per heavy atom. The fraction of sp³-hybridized carbons (Fsp3) is 0.464. The fourth-order valence-electron chi connectivity index (χ4n) is 5.01. The molecule has 2 aromatic rings. The molecule has 1 N–H and O–H groups in total. The van der Waals surface area contributed by atoms with Crippen molar-refractivity contribution >= 4 is 17.5 Å². The number of nitrogens with zero attached hydrogens (tertiary/aromatic N) is 3. The highest BCUT2D eigenvalue weighted by Gasteiger charge is 2.29. The van der Waals surface area contributed by atoms with Gasteiger partial charge in [-0.25, -0.2) is 0 Å². The zero-order valence-electron chi connectivity index (χ0n) is 21.3. The molecule has 0 amide bonds. The lowest BCUT2D eigenvalue weighted by Gasteiger charge is -2.34. The lowest BCUT2D eigenvalue weighted by Crippen LogP contribution is -2.44. The molecular formula is C28H37N3O4. The van der Waals surface area contributed by atoms with Crippen molar-refractivity contribution in [1.82, 2.24) is 9.80 Å². The number of benzene rings is 2. The number of hydrogen-bond acceptors (Lipinski definition) is 7. The van der Waals surface area contributed by atoms with Gasteiger partial charge < -0.3 is 29.3 Å². The van der Waals surface area contributed by atoms with Gasteiger partial charge >= 0.3 is 0 Å². The van der Waals surface area contributed by atoms with Crippen molar-refractivity contribution in [2.24, 2.45) is 0 Å². The van der Waals surface area contributed by atoms with Crippen LogP contribution in [-0.2, 0) is 0 Å². The number of likely N-dealkylation sites (N-methyl/N-ethyl adjacent to an activating group) is 1. The molecule has 7 nitrogen and oxygen atoms in total. The summed E-state index contributed by atoms with van der Waals surface area (Å²) in [4.78, 5) is 20.2. The topological polar surface area (TPSA) is 65.5 Å². The minimum Gasteiger partial charge on any atom is -0.507 e. The Labute approximate surface area is 208 Å². The molecule has 0 atom stereocenters. The zero-order valence-corrected chi connectivity index (χ0v) is 21.3. The van der Waals surface area contributed by atoms with E-state index >= 15 is 0 Å². The van der Waals surface area contributed by atoms with E-state index in [1.807, 2.05) is 12.1 Å². The number of ketones is 1. The number of phenolic OH excluding ortho intramolecular Hbond substituents is 1. The molecule has 0 bridgehead atoms. The summed E-state index contributed by atoms with van der Waals surface area (Å²) in [7, 11) is 7.33. The molecular weight excluding hydrogens is 442 g/mol. The van der Waals surface area contributed by atoms with Gasteiger partial charge in [0.2, 0.25) is 0 Å². The van der Waals surface area contributed by atoms with Crippen LogP contribution in [0.4, 0.5) is 5.69 Å². The van der Waals surface area contributed by atoms with Crippen LogP contribution in [0.5, 0.6) is 17.2 Å². The number of carbonyl (C=O) groups excluding carboxylic acids is 1. The highest BCUT2D eigenvalue weighted by atomic mass is 16.5. The fourth-order valence-corrected chi connectivity index (χ4v) is 5.01. The second-order valence-electron chi connectivity index (χ2n) is 9.58. The molecule has 0 aromatic heterocycles. The van der Waals surface area contributed by atoms with Gasteiger partial charge in [-0.15, -0.1) is 0 Å². The average molecular weight is 480 g/mol. The summed E-state index contributed by atoms with van der Waals surface area (Å²) in [5, 5.41) is 11.3. The molecule has 35 heavy (non-hydrogen) atoms. The number of methoxy groups -OCH3 is 2. The first kappa shape index (κ1) is 25.1. The average Bonchev–Trinajstić information content (AvgIpc) is 2.88. The molecule has 2 saturated heterocycles. The summed E-state index contributed by atoms with van der Waals surface area (Å²) in [6.07, 6.45) is 5.09. The molecule has 2 fully saturated rings. The molecule has 7 heteroatoms. The molecule has 2 heterocycles. The monoisotopic (exact) mass is 479 g/mol.